The second-order valence-electron chi connectivity index (χ2n) is 5.19. The molecule has 0 spiro atoms. The molecule has 0 fully saturated rings. The summed E-state index contributed by atoms with van der Waals surface area (Å²) in [5.74, 6) is 0.900. The van der Waals surface area contributed by atoms with Crippen molar-refractivity contribution in [2.24, 2.45) is 0 Å². The molecule has 1 N–H and O–H groups in total. The second kappa shape index (κ2) is 6.85. The highest BCUT2D eigenvalue weighted by Crippen LogP contribution is 2.25. The van der Waals surface area contributed by atoms with Crippen molar-refractivity contribution in [1.82, 2.24) is 0 Å². The molecule has 0 atom stereocenters. The molecule has 0 aromatic heterocycles. The maximum absolute atomic E-state index is 10.9. The molecule has 0 aliphatic carbocycles. The van der Waals surface area contributed by atoms with E-state index in [1.54, 1.807) is 13.8 Å². The van der Waals surface area contributed by atoms with Gasteiger partial charge in [0, 0.05) is 0 Å². The Bertz CT molecular complexity index is 421. The van der Waals surface area contributed by atoms with Crippen LogP contribution < -0.4 is 4.74 Å². The van der Waals surface area contributed by atoms with Gasteiger partial charge in [0.1, 0.15) is 10.5 Å². The largest absolute Gasteiger partial charge is 0.494 e. The van der Waals surface area contributed by atoms with E-state index in [9.17, 15) is 4.79 Å². The molecule has 1 aromatic rings. The number of carboxylic acids is 1. The predicted molar refractivity (Wildman–Crippen MR) is 80.2 cm³/mol. The van der Waals surface area contributed by atoms with Crippen LogP contribution in [-0.4, -0.2) is 28.2 Å². The maximum atomic E-state index is 10.9. The zero-order valence-electron chi connectivity index (χ0n) is 12.0. The second-order valence-corrected chi connectivity index (χ2v) is 6.91. The van der Waals surface area contributed by atoms with Gasteiger partial charge in [-0.15, -0.1) is 11.8 Å². The summed E-state index contributed by atoms with van der Waals surface area (Å²) in [4.78, 5) is 10.9. The minimum absolute atomic E-state index is 0.617. The van der Waals surface area contributed by atoms with E-state index in [1.165, 1.54) is 22.9 Å². The van der Waals surface area contributed by atoms with Gasteiger partial charge in [0.2, 0.25) is 0 Å². The van der Waals surface area contributed by atoms with Crippen LogP contribution in [-0.2, 0) is 4.79 Å². The predicted octanol–water partition coefficient (Wildman–Crippen LogP) is 3.67. The van der Waals surface area contributed by atoms with Crippen molar-refractivity contribution >= 4 is 17.7 Å². The molecule has 0 radical (unpaired) electrons. The van der Waals surface area contributed by atoms with Gasteiger partial charge in [0.15, 0.2) is 0 Å². The first-order valence-corrected chi connectivity index (χ1v) is 7.38. The number of carbonyl (C=O) groups is 1. The van der Waals surface area contributed by atoms with Crippen LogP contribution in [0.5, 0.6) is 5.75 Å². The summed E-state index contributed by atoms with van der Waals surface area (Å²) in [6.07, 6.45) is 0.842. The van der Waals surface area contributed by atoms with Crippen molar-refractivity contribution in [3.63, 3.8) is 0 Å². The summed E-state index contributed by atoms with van der Waals surface area (Å²) in [7, 11) is 0. The van der Waals surface area contributed by atoms with Crippen molar-refractivity contribution in [3.05, 3.63) is 29.3 Å². The van der Waals surface area contributed by atoms with Gasteiger partial charge < -0.3 is 9.84 Å². The Balaban J connectivity index is 2.30. The fourth-order valence-electron chi connectivity index (χ4n) is 1.65. The minimum Gasteiger partial charge on any atom is -0.494 e. The van der Waals surface area contributed by atoms with E-state index in [1.807, 2.05) is 26.0 Å². The lowest BCUT2D eigenvalue weighted by Crippen LogP contribution is -2.27. The Labute approximate surface area is 119 Å². The van der Waals surface area contributed by atoms with Gasteiger partial charge in [0.25, 0.3) is 0 Å². The lowest BCUT2D eigenvalue weighted by Gasteiger charge is -2.18. The summed E-state index contributed by atoms with van der Waals surface area (Å²) >= 11 is 1.45. The molecule has 4 heteroatoms. The Morgan fingerprint density at radius 2 is 1.84 bits per heavy atom. The van der Waals surface area contributed by atoms with Crippen LogP contribution in [0, 0.1) is 13.8 Å². The lowest BCUT2D eigenvalue weighted by atomic mass is 10.1. The van der Waals surface area contributed by atoms with Crippen LogP contribution in [0.2, 0.25) is 0 Å². The first-order chi connectivity index (χ1) is 8.81. The molecule has 0 amide bonds. The Hall–Kier alpha value is -1.16. The standard InChI is InChI=1S/C15H22O3S/c1-11-8-12(2)10-13(9-11)18-6-5-7-19-15(3,4)14(16)17/h8-10H,5-7H2,1-4H3,(H,16,17). The van der Waals surface area contributed by atoms with E-state index in [4.69, 9.17) is 9.84 Å². The molecular formula is C15H22O3S. The third-order valence-electron chi connectivity index (χ3n) is 2.73. The molecule has 0 saturated carbocycles. The van der Waals surface area contributed by atoms with Crippen molar-refractivity contribution in [1.29, 1.82) is 0 Å². The molecule has 0 saturated heterocycles. The molecule has 1 aromatic carbocycles. The summed E-state index contributed by atoms with van der Waals surface area (Å²) in [6, 6.07) is 6.14. The van der Waals surface area contributed by atoms with Gasteiger partial charge in [-0.3, -0.25) is 4.79 Å². The summed E-state index contributed by atoms with van der Waals surface area (Å²) in [6.45, 7) is 8.16. The van der Waals surface area contributed by atoms with Crippen LogP contribution in [0.4, 0.5) is 0 Å². The number of rotatable bonds is 7. The average molecular weight is 282 g/mol. The molecule has 3 nitrogen and oxygen atoms in total. The van der Waals surface area contributed by atoms with Gasteiger partial charge in [-0.25, -0.2) is 0 Å². The van der Waals surface area contributed by atoms with Crippen LogP contribution in [0.15, 0.2) is 18.2 Å². The molecule has 1 rings (SSSR count). The summed E-state index contributed by atoms with van der Waals surface area (Å²) in [5.41, 5.74) is 2.38. The van der Waals surface area contributed by atoms with Crippen LogP contribution in [0.25, 0.3) is 0 Å². The van der Waals surface area contributed by atoms with Crippen LogP contribution in [0.3, 0.4) is 0 Å². The molecule has 106 valence electrons. The highest BCUT2D eigenvalue weighted by atomic mass is 32.2. The van der Waals surface area contributed by atoms with E-state index in [0.29, 0.717) is 6.61 Å². The SMILES string of the molecule is Cc1cc(C)cc(OCCCSC(C)(C)C(=O)O)c1. The number of thioether (sulfide) groups is 1. The number of hydrogen-bond acceptors (Lipinski definition) is 3. The molecular weight excluding hydrogens is 260 g/mol. The fraction of sp³-hybridized carbons (Fsp3) is 0.533. The van der Waals surface area contributed by atoms with Gasteiger partial charge in [-0.2, -0.15) is 0 Å². The van der Waals surface area contributed by atoms with Crippen LogP contribution in [0.1, 0.15) is 31.4 Å². The van der Waals surface area contributed by atoms with Crippen molar-refractivity contribution in [3.8, 4) is 5.75 Å². The van der Waals surface area contributed by atoms with Crippen molar-refractivity contribution in [2.45, 2.75) is 38.9 Å². The lowest BCUT2D eigenvalue weighted by molar-refractivity contribution is -0.138. The van der Waals surface area contributed by atoms with Gasteiger partial charge in [-0.05, 0) is 63.1 Å². The zero-order valence-corrected chi connectivity index (χ0v) is 12.8. The Morgan fingerprint density at radius 3 is 2.37 bits per heavy atom. The Kier molecular flexibility index (Phi) is 5.73. The minimum atomic E-state index is -0.771. The summed E-state index contributed by atoms with van der Waals surface area (Å²) in [5, 5.41) is 8.98. The van der Waals surface area contributed by atoms with E-state index < -0.39 is 10.7 Å². The first kappa shape index (κ1) is 15.9. The maximum Gasteiger partial charge on any atom is 0.319 e. The van der Waals surface area contributed by atoms with Crippen LogP contribution >= 0.6 is 11.8 Å². The third kappa shape index (κ3) is 5.55. The highest BCUT2D eigenvalue weighted by Gasteiger charge is 2.26. The fourth-order valence-corrected chi connectivity index (χ4v) is 2.55. The number of benzene rings is 1. The van der Waals surface area contributed by atoms with E-state index in [-0.39, 0.29) is 0 Å². The first-order valence-electron chi connectivity index (χ1n) is 6.40. The Morgan fingerprint density at radius 1 is 1.26 bits per heavy atom. The molecule has 19 heavy (non-hydrogen) atoms. The zero-order chi connectivity index (χ0) is 14.5. The number of aryl methyl sites for hydroxylation is 2. The van der Waals surface area contributed by atoms with E-state index >= 15 is 0 Å². The summed E-state index contributed by atoms with van der Waals surface area (Å²) < 4.78 is 4.96. The molecule has 0 bridgehead atoms. The van der Waals surface area contributed by atoms with Gasteiger partial charge in [0.05, 0.1) is 6.61 Å². The quantitative estimate of drug-likeness (QED) is 0.775. The number of aliphatic carboxylic acids is 1. The monoisotopic (exact) mass is 282 g/mol. The molecule has 0 unspecified atom stereocenters. The van der Waals surface area contributed by atoms with Gasteiger partial charge in [-0.1, -0.05) is 6.07 Å². The molecule has 0 aliphatic heterocycles. The molecule has 0 aliphatic rings. The smallest absolute Gasteiger partial charge is 0.319 e. The number of hydrogen-bond donors (Lipinski definition) is 1. The van der Waals surface area contributed by atoms with Crippen molar-refractivity contribution in [2.75, 3.05) is 12.4 Å². The third-order valence-corrected chi connectivity index (χ3v) is 4.12. The van der Waals surface area contributed by atoms with Gasteiger partial charge >= 0.3 is 5.97 Å². The van der Waals surface area contributed by atoms with E-state index in [0.717, 1.165) is 17.9 Å². The molecule has 0 heterocycles. The van der Waals surface area contributed by atoms with Crippen molar-refractivity contribution < 1.29 is 14.6 Å². The highest BCUT2D eigenvalue weighted by molar-refractivity contribution is 8.01. The normalized spacial score (nSPS) is 11.4. The van der Waals surface area contributed by atoms with E-state index in [2.05, 4.69) is 6.07 Å². The topological polar surface area (TPSA) is 46.5 Å². The average Bonchev–Trinajstić information content (AvgIpc) is 2.26. The number of ether oxygens (including phenoxy) is 1. The number of carboxylic acid groups (broad SMARTS) is 1.